The van der Waals surface area contributed by atoms with Crippen molar-refractivity contribution >= 4 is 17.5 Å². The van der Waals surface area contributed by atoms with Gasteiger partial charge in [-0.15, -0.1) is 0 Å². The molecule has 0 unspecified atom stereocenters. The number of hydrogen-bond acceptors (Lipinski definition) is 3. The zero-order chi connectivity index (χ0) is 18.6. The Bertz CT molecular complexity index is 778. The van der Waals surface area contributed by atoms with Crippen LogP contribution >= 0.6 is 0 Å². The molecule has 134 valence electrons. The highest BCUT2D eigenvalue weighted by Gasteiger charge is 2.19. The molecule has 1 heterocycles. The third-order valence-corrected chi connectivity index (χ3v) is 4.10. The van der Waals surface area contributed by atoms with Crippen LogP contribution in [0.5, 0.6) is 0 Å². The molecule has 0 fully saturated rings. The monoisotopic (exact) mass is 342 g/mol. The van der Waals surface area contributed by atoms with Gasteiger partial charge in [-0.2, -0.15) is 0 Å². The van der Waals surface area contributed by atoms with Crippen LogP contribution in [0.1, 0.15) is 52.0 Å². The third kappa shape index (κ3) is 4.09. The van der Waals surface area contributed by atoms with Crippen LogP contribution in [-0.4, -0.2) is 29.5 Å². The van der Waals surface area contributed by atoms with E-state index in [9.17, 15) is 9.59 Å². The summed E-state index contributed by atoms with van der Waals surface area (Å²) in [4.78, 5) is 25.0. The second kappa shape index (κ2) is 7.98. The molecule has 2 aromatic rings. The number of para-hydroxylation sites is 1. The lowest BCUT2D eigenvalue weighted by molar-refractivity contribution is 0.0955. The Kier molecular flexibility index (Phi) is 5.98. The summed E-state index contributed by atoms with van der Waals surface area (Å²) in [6.45, 7) is 8.83. The lowest BCUT2D eigenvalue weighted by atomic mass is 10.1. The molecule has 0 aliphatic carbocycles. The number of hydrogen-bond donors (Lipinski definition) is 3. The van der Waals surface area contributed by atoms with Crippen molar-refractivity contribution in [1.29, 1.82) is 0 Å². The second-order valence-corrected chi connectivity index (χ2v) is 6.29. The minimum absolute atomic E-state index is 0.223. The molecule has 6 heteroatoms. The molecule has 0 bridgehead atoms. The van der Waals surface area contributed by atoms with Crippen LogP contribution in [0.25, 0.3) is 0 Å². The van der Waals surface area contributed by atoms with E-state index in [0.717, 1.165) is 11.4 Å². The Labute approximate surface area is 148 Å². The van der Waals surface area contributed by atoms with Gasteiger partial charge in [-0.3, -0.25) is 9.59 Å². The highest BCUT2D eigenvalue weighted by molar-refractivity contribution is 6.09. The smallest absolute Gasteiger partial charge is 0.257 e. The van der Waals surface area contributed by atoms with E-state index in [1.165, 1.54) is 0 Å². The molecule has 0 aliphatic heterocycles. The van der Waals surface area contributed by atoms with Crippen molar-refractivity contribution < 1.29 is 9.59 Å². The standard InChI is InChI=1S/C19H26N4O2/c1-12(2)23-13(3)11-16(14(23)4)19(25)22-17-8-6-5-7-15(17)18(24)21-10-9-20/h5-8,11-12H,9-10,20H2,1-4H3,(H,21,24)(H,22,25). The van der Waals surface area contributed by atoms with Gasteiger partial charge in [-0.05, 0) is 45.9 Å². The molecular weight excluding hydrogens is 316 g/mol. The number of nitrogens with two attached hydrogens (primary N) is 1. The molecule has 0 radical (unpaired) electrons. The fourth-order valence-corrected chi connectivity index (χ4v) is 3.06. The molecule has 2 amide bonds. The summed E-state index contributed by atoms with van der Waals surface area (Å²) in [6.07, 6.45) is 0. The van der Waals surface area contributed by atoms with Crippen LogP contribution in [0.4, 0.5) is 5.69 Å². The molecule has 2 rings (SSSR count). The Morgan fingerprint density at radius 2 is 1.80 bits per heavy atom. The maximum atomic E-state index is 12.7. The molecule has 4 N–H and O–H groups in total. The van der Waals surface area contributed by atoms with Gasteiger partial charge in [-0.1, -0.05) is 12.1 Å². The lowest BCUT2D eigenvalue weighted by Gasteiger charge is -2.14. The van der Waals surface area contributed by atoms with Crippen LogP contribution in [0.3, 0.4) is 0 Å². The predicted molar refractivity (Wildman–Crippen MR) is 100 cm³/mol. The number of amides is 2. The van der Waals surface area contributed by atoms with Gasteiger partial charge in [0.1, 0.15) is 0 Å². The number of anilines is 1. The Morgan fingerprint density at radius 1 is 1.12 bits per heavy atom. The molecule has 0 saturated carbocycles. The van der Waals surface area contributed by atoms with Gasteiger partial charge >= 0.3 is 0 Å². The minimum atomic E-state index is -0.256. The van der Waals surface area contributed by atoms with Crippen molar-refractivity contribution in [2.24, 2.45) is 5.73 Å². The van der Waals surface area contributed by atoms with E-state index in [4.69, 9.17) is 5.73 Å². The number of aryl methyl sites for hydroxylation is 1. The lowest BCUT2D eigenvalue weighted by Crippen LogP contribution is -2.30. The van der Waals surface area contributed by atoms with Crippen LogP contribution in [0.2, 0.25) is 0 Å². The predicted octanol–water partition coefficient (Wildman–Crippen LogP) is 2.63. The van der Waals surface area contributed by atoms with E-state index in [0.29, 0.717) is 29.9 Å². The van der Waals surface area contributed by atoms with Crippen molar-refractivity contribution in [3.63, 3.8) is 0 Å². The van der Waals surface area contributed by atoms with E-state index in [-0.39, 0.29) is 17.9 Å². The van der Waals surface area contributed by atoms with Crippen molar-refractivity contribution in [2.45, 2.75) is 33.7 Å². The Morgan fingerprint density at radius 3 is 2.40 bits per heavy atom. The average molecular weight is 342 g/mol. The van der Waals surface area contributed by atoms with E-state index >= 15 is 0 Å². The van der Waals surface area contributed by atoms with Gasteiger partial charge in [0.15, 0.2) is 0 Å². The molecule has 0 spiro atoms. The fourth-order valence-electron chi connectivity index (χ4n) is 3.06. The summed E-state index contributed by atoms with van der Waals surface area (Å²) >= 11 is 0. The van der Waals surface area contributed by atoms with Crippen LogP contribution in [-0.2, 0) is 0 Å². The summed E-state index contributed by atoms with van der Waals surface area (Å²) in [6, 6.07) is 9.10. The zero-order valence-corrected chi connectivity index (χ0v) is 15.2. The van der Waals surface area contributed by atoms with Gasteiger partial charge < -0.3 is 20.9 Å². The van der Waals surface area contributed by atoms with Crippen molar-refractivity contribution in [1.82, 2.24) is 9.88 Å². The third-order valence-electron chi connectivity index (χ3n) is 4.10. The first-order valence-electron chi connectivity index (χ1n) is 8.43. The first-order valence-corrected chi connectivity index (χ1v) is 8.43. The number of benzene rings is 1. The summed E-state index contributed by atoms with van der Waals surface area (Å²) in [5.74, 6) is -0.479. The average Bonchev–Trinajstić information content (AvgIpc) is 2.87. The van der Waals surface area contributed by atoms with Crippen LogP contribution in [0.15, 0.2) is 30.3 Å². The molecule has 0 aliphatic rings. The Balaban J connectivity index is 2.28. The van der Waals surface area contributed by atoms with Crippen LogP contribution < -0.4 is 16.4 Å². The molecule has 1 aromatic heterocycles. The van der Waals surface area contributed by atoms with E-state index in [1.807, 2.05) is 19.9 Å². The van der Waals surface area contributed by atoms with Crippen LogP contribution in [0, 0.1) is 13.8 Å². The summed E-state index contributed by atoms with van der Waals surface area (Å²) in [5.41, 5.74) is 8.88. The molecule has 1 aromatic carbocycles. The number of carbonyl (C=O) groups excluding carboxylic acids is 2. The minimum Gasteiger partial charge on any atom is -0.351 e. The Hall–Kier alpha value is -2.60. The number of carbonyl (C=O) groups is 2. The van der Waals surface area contributed by atoms with Crippen molar-refractivity contribution in [3.05, 3.63) is 52.8 Å². The van der Waals surface area contributed by atoms with Gasteiger partial charge in [0.25, 0.3) is 11.8 Å². The number of aromatic nitrogens is 1. The SMILES string of the molecule is Cc1cc(C(=O)Nc2ccccc2C(=O)NCCN)c(C)n1C(C)C. The topological polar surface area (TPSA) is 89.2 Å². The molecule has 0 atom stereocenters. The van der Waals surface area contributed by atoms with Gasteiger partial charge in [-0.25, -0.2) is 0 Å². The molecule has 25 heavy (non-hydrogen) atoms. The molecule has 6 nitrogen and oxygen atoms in total. The van der Waals surface area contributed by atoms with Gasteiger partial charge in [0.05, 0.1) is 16.8 Å². The maximum Gasteiger partial charge on any atom is 0.257 e. The highest BCUT2D eigenvalue weighted by Crippen LogP contribution is 2.22. The largest absolute Gasteiger partial charge is 0.351 e. The van der Waals surface area contributed by atoms with Gasteiger partial charge in [0, 0.05) is 30.5 Å². The summed E-state index contributed by atoms with van der Waals surface area (Å²) < 4.78 is 2.12. The van der Waals surface area contributed by atoms with E-state index in [2.05, 4.69) is 29.0 Å². The number of nitrogens with zero attached hydrogens (tertiary/aromatic N) is 1. The van der Waals surface area contributed by atoms with E-state index < -0.39 is 0 Å². The normalized spacial score (nSPS) is 10.8. The first-order chi connectivity index (χ1) is 11.9. The van der Waals surface area contributed by atoms with Crippen molar-refractivity contribution in [3.8, 4) is 0 Å². The first kappa shape index (κ1) is 18.7. The van der Waals surface area contributed by atoms with Gasteiger partial charge in [0.2, 0.25) is 0 Å². The molecular formula is C19H26N4O2. The second-order valence-electron chi connectivity index (χ2n) is 6.29. The summed E-state index contributed by atoms with van der Waals surface area (Å²) in [7, 11) is 0. The fraction of sp³-hybridized carbons (Fsp3) is 0.368. The number of nitrogens with one attached hydrogen (secondary N) is 2. The highest BCUT2D eigenvalue weighted by atomic mass is 16.2. The van der Waals surface area contributed by atoms with E-state index in [1.54, 1.807) is 24.3 Å². The quantitative estimate of drug-likeness (QED) is 0.754. The van der Waals surface area contributed by atoms with Crippen molar-refractivity contribution in [2.75, 3.05) is 18.4 Å². The summed E-state index contributed by atoms with van der Waals surface area (Å²) in [5, 5.41) is 5.58. The molecule has 0 saturated heterocycles. The maximum absolute atomic E-state index is 12.7. The number of rotatable bonds is 6. The zero-order valence-electron chi connectivity index (χ0n) is 15.2.